The van der Waals surface area contributed by atoms with Crippen molar-refractivity contribution in [3.05, 3.63) is 120 Å². The first-order valence-electron chi connectivity index (χ1n) is 16.0. The minimum atomic E-state index is -4.70. The Morgan fingerprint density at radius 1 is 0.880 bits per heavy atom. The molecule has 0 saturated carbocycles. The Kier molecular flexibility index (Phi) is 9.59. The summed E-state index contributed by atoms with van der Waals surface area (Å²) in [6.45, 7) is 2.51. The smallest absolute Gasteiger partial charge is 0.374 e. The van der Waals surface area contributed by atoms with E-state index < -0.39 is 31.4 Å². The predicted octanol–water partition coefficient (Wildman–Crippen LogP) is 6.94. The molecule has 50 heavy (non-hydrogen) atoms. The number of fused-ring (bicyclic) bond motifs is 3. The standard InChI is InChI=1S/C37H34N2O8S2.CH4/c1-2-26(22-35-38(19-9-21-48(40,41)42)31-24-29(14-16-33(31)46-35)27-10-5-3-6-11-27)23-36-39(20-18-37(39)49(43,44)45)32-25-30(15-17-34(32)47-36)28-12-7-4-8-13-28;/h3-8,10-17,22-25,37H,2,9,18-21H2,1H3;1H4. The Morgan fingerprint density at radius 2 is 1.52 bits per heavy atom. The summed E-state index contributed by atoms with van der Waals surface area (Å²) < 4.78 is 86.5. The van der Waals surface area contributed by atoms with E-state index >= 15 is 0 Å². The van der Waals surface area contributed by atoms with Gasteiger partial charge in [-0.2, -0.15) is 4.57 Å². The lowest BCUT2D eigenvalue weighted by atomic mass is 10.0. The Labute approximate surface area is 292 Å². The normalized spacial score (nSPS) is 19.6. The van der Waals surface area contributed by atoms with E-state index in [2.05, 4.69) is 0 Å². The maximum atomic E-state index is 12.6. The van der Waals surface area contributed by atoms with Crippen molar-refractivity contribution < 1.29 is 39.7 Å². The van der Waals surface area contributed by atoms with Gasteiger partial charge in [0, 0.05) is 30.4 Å². The van der Waals surface area contributed by atoms with Crippen molar-refractivity contribution in [1.82, 2.24) is 4.48 Å². The molecular weight excluding hydrogens is 677 g/mol. The molecule has 2 unspecified atom stereocenters. The highest BCUT2D eigenvalue weighted by Crippen LogP contribution is 2.54. The molecule has 0 bridgehead atoms. The van der Waals surface area contributed by atoms with Crippen LogP contribution in [0, 0.1) is 0 Å². The van der Waals surface area contributed by atoms with E-state index in [4.69, 9.17) is 9.15 Å². The Bertz CT molecular complexity index is 2330. The lowest BCUT2D eigenvalue weighted by Gasteiger charge is -2.47. The third-order valence-electron chi connectivity index (χ3n) is 9.30. The van der Waals surface area contributed by atoms with Gasteiger partial charge in [-0.05, 0) is 46.4 Å². The number of allylic oxidation sites excluding steroid dienone is 2. The van der Waals surface area contributed by atoms with Crippen molar-refractivity contribution in [2.24, 2.45) is 0 Å². The van der Waals surface area contributed by atoms with Gasteiger partial charge in [-0.3, -0.25) is 0 Å². The van der Waals surface area contributed by atoms with E-state index in [0.29, 0.717) is 41.8 Å². The van der Waals surface area contributed by atoms with Crippen LogP contribution in [0.15, 0.2) is 119 Å². The lowest BCUT2D eigenvalue weighted by molar-refractivity contribution is -0.677. The van der Waals surface area contributed by atoms with Crippen molar-refractivity contribution in [2.75, 3.05) is 12.3 Å². The van der Waals surface area contributed by atoms with Gasteiger partial charge in [-0.1, -0.05) is 87.1 Å². The van der Waals surface area contributed by atoms with Gasteiger partial charge in [0.15, 0.2) is 33.5 Å². The van der Waals surface area contributed by atoms with Crippen LogP contribution < -0.4 is 13.8 Å². The molecule has 1 saturated heterocycles. The van der Waals surface area contributed by atoms with Gasteiger partial charge in [-0.25, -0.2) is 21.3 Å². The number of ether oxygens (including phenoxy) is 1. The quantitative estimate of drug-likeness (QED) is 0.0862. The van der Waals surface area contributed by atoms with Crippen LogP contribution in [0.25, 0.3) is 39.4 Å². The first-order valence-corrected chi connectivity index (χ1v) is 19.1. The molecule has 7 rings (SSSR count). The van der Waals surface area contributed by atoms with E-state index in [0.717, 1.165) is 33.3 Å². The summed E-state index contributed by atoms with van der Waals surface area (Å²) in [5.41, 5.74) is 6.40. The minimum Gasteiger partial charge on any atom is -0.748 e. The molecule has 0 radical (unpaired) electrons. The fraction of sp³-hybridized carbons (Fsp3) is 0.237. The monoisotopic (exact) mass is 714 g/mol. The Hall–Kier alpha value is -4.59. The zero-order valence-corrected chi connectivity index (χ0v) is 28.3. The largest absolute Gasteiger partial charge is 0.748 e. The van der Waals surface area contributed by atoms with Gasteiger partial charge in [0.25, 0.3) is 5.52 Å². The Morgan fingerprint density at radius 3 is 2.10 bits per heavy atom. The molecule has 1 aromatic heterocycles. The summed E-state index contributed by atoms with van der Waals surface area (Å²) in [4.78, 5) is 0. The molecule has 10 nitrogen and oxygen atoms in total. The second-order valence-corrected chi connectivity index (χ2v) is 15.3. The summed E-state index contributed by atoms with van der Waals surface area (Å²) in [6, 6.07) is 30.9. The molecular formula is C38H38N2O8S2. The summed E-state index contributed by atoms with van der Waals surface area (Å²) in [7, 11) is -9.13. The van der Waals surface area contributed by atoms with Crippen LogP contribution >= 0.6 is 0 Å². The number of nitrogens with zero attached hydrogens (tertiary/aromatic N) is 2. The number of rotatable bonds is 10. The lowest BCUT2D eigenvalue weighted by Crippen LogP contribution is -2.67. The fourth-order valence-electron chi connectivity index (χ4n) is 6.78. The second kappa shape index (κ2) is 13.6. The van der Waals surface area contributed by atoms with Crippen molar-refractivity contribution in [3.63, 3.8) is 0 Å². The highest BCUT2D eigenvalue weighted by Gasteiger charge is 2.61. The van der Waals surface area contributed by atoms with Crippen LogP contribution in [0.5, 0.6) is 5.75 Å². The fourth-order valence-corrected chi connectivity index (χ4v) is 8.42. The topological polar surface area (TPSA) is 141 Å². The average molecular weight is 715 g/mol. The molecule has 2 aliphatic rings. The summed E-state index contributed by atoms with van der Waals surface area (Å²) >= 11 is 0. The van der Waals surface area contributed by atoms with Gasteiger partial charge in [0.05, 0.1) is 29.2 Å². The van der Waals surface area contributed by atoms with Crippen molar-refractivity contribution in [2.45, 2.75) is 45.5 Å². The number of aryl methyl sites for hydroxylation is 1. The molecule has 0 N–H and O–H groups in total. The van der Waals surface area contributed by atoms with E-state index in [1.165, 1.54) is 0 Å². The van der Waals surface area contributed by atoms with Gasteiger partial charge >= 0.3 is 11.8 Å². The number of aromatic nitrogens is 1. The third-order valence-corrected chi connectivity index (χ3v) is 11.3. The zero-order chi connectivity index (χ0) is 34.4. The maximum Gasteiger partial charge on any atom is 0.374 e. The first kappa shape index (κ1) is 35.2. The van der Waals surface area contributed by atoms with E-state index in [1.807, 2.05) is 109 Å². The van der Waals surface area contributed by atoms with Gasteiger partial charge in [0.1, 0.15) is 0 Å². The van der Waals surface area contributed by atoms with Crippen molar-refractivity contribution in [3.8, 4) is 28.0 Å². The van der Waals surface area contributed by atoms with Gasteiger partial charge in [-0.15, -0.1) is 0 Å². The molecule has 2 atom stereocenters. The molecule has 0 amide bonds. The zero-order valence-electron chi connectivity index (χ0n) is 26.7. The highest BCUT2D eigenvalue weighted by atomic mass is 32.2. The molecule has 12 heteroatoms. The molecule has 260 valence electrons. The second-order valence-electron chi connectivity index (χ2n) is 12.3. The number of hydrogen-bond acceptors (Lipinski definition) is 8. The summed E-state index contributed by atoms with van der Waals surface area (Å²) in [6.07, 6.45) is 4.35. The molecule has 0 aliphatic carbocycles. The molecule has 1 spiro atoms. The molecule has 4 aromatic carbocycles. The highest BCUT2D eigenvalue weighted by molar-refractivity contribution is 7.86. The van der Waals surface area contributed by atoms with E-state index in [1.54, 1.807) is 12.2 Å². The summed E-state index contributed by atoms with van der Waals surface area (Å²) in [5, 5.41) is -1.24. The summed E-state index contributed by atoms with van der Waals surface area (Å²) in [5.74, 6) is 0.708. The average Bonchev–Trinajstić information content (AvgIpc) is 3.58. The maximum absolute atomic E-state index is 12.6. The molecule has 2 aliphatic heterocycles. The van der Waals surface area contributed by atoms with Gasteiger partial charge in [0.2, 0.25) is 5.58 Å². The van der Waals surface area contributed by atoms with Crippen molar-refractivity contribution in [1.29, 1.82) is 0 Å². The van der Waals surface area contributed by atoms with Crippen LogP contribution in [0.4, 0.5) is 5.69 Å². The number of quaternary nitrogens is 1. The molecule has 1 fully saturated rings. The van der Waals surface area contributed by atoms with E-state index in [9.17, 15) is 25.9 Å². The predicted molar refractivity (Wildman–Crippen MR) is 191 cm³/mol. The van der Waals surface area contributed by atoms with E-state index in [-0.39, 0.29) is 31.3 Å². The van der Waals surface area contributed by atoms with Crippen LogP contribution in [0.1, 0.15) is 39.5 Å². The third kappa shape index (κ3) is 6.64. The van der Waals surface area contributed by atoms with Crippen LogP contribution in [0.2, 0.25) is 0 Å². The van der Waals surface area contributed by atoms with Crippen molar-refractivity contribution >= 4 is 43.1 Å². The SMILES string of the molecule is C.CCC(=Cc1oc2ccc(-c3ccccc3)cc2[n+]1CCCS(=O)(=O)[O-])C=C1Oc2ccc(-c3ccccc3)cc2[N+]12CCC2S(=O)(=O)[O-]. The van der Waals surface area contributed by atoms with Gasteiger partial charge < -0.3 is 18.3 Å². The first-order chi connectivity index (χ1) is 23.5. The minimum absolute atomic E-state index is 0. The molecule has 5 aromatic rings. The number of hydrogen-bond donors (Lipinski definition) is 0. The number of benzene rings is 4. The number of oxazole rings is 1. The Balaban J connectivity index is 0.00000432. The van der Waals surface area contributed by atoms with Crippen LogP contribution in [-0.2, 0) is 26.8 Å². The van der Waals surface area contributed by atoms with Crippen LogP contribution in [-0.4, -0.2) is 43.6 Å². The molecule has 3 heterocycles. The van der Waals surface area contributed by atoms with Crippen LogP contribution in [0.3, 0.4) is 0 Å².